The quantitative estimate of drug-likeness (QED) is 0.908. The second-order valence-electron chi connectivity index (χ2n) is 7.10. The third-order valence-corrected chi connectivity index (χ3v) is 5.38. The number of morpholine rings is 1. The number of ether oxygens (including phenoxy) is 1. The van der Waals surface area contributed by atoms with E-state index in [4.69, 9.17) is 4.74 Å². The molecule has 2 aromatic rings. The lowest BCUT2D eigenvalue weighted by Gasteiger charge is -2.39. The van der Waals surface area contributed by atoms with Gasteiger partial charge in [0.25, 0.3) is 0 Å². The molecule has 1 saturated carbocycles. The summed E-state index contributed by atoms with van der Waals surface area (Å²) >= 11 is 0. The molecule has 1 saturated heterocycles. The zero-order valence-electron chi connectivity index (χ0n) is 14.8. The molecule has 5 heteroatoms. The molecule has 5 nitrogen and oxygen atoms in total. The molecule has 0 aromatic carbocycles. The predicted molar refractivity (Wildman–Crippen MR) is 98.4 cm³/mol. The maximum absolute atomic E-state index is 6.18. The summed E-state index contributed by atoms with van der Waals surface area (Å²) in [7, 11) is 0. The van der Waals surface area contributed by atoms with Gasteiger partial charge in [0, 0.05) is 49.7 Å². The fourth-order valence-electron chi connectivity index (χ4n) is 4.16. The van der Waals surface area contributed by atoms with Crippen molar-refractivity contribution in [1.82, 2.24) is 14.9 Å². The molecule has 4 rings (SSSR count). The van der Waals surface area contributed by atoms with Crippen molar-refractivity contribution in [3.8, 4) is 0 Å². The summed E-state index contributed by atoms with van der Waals surface area (Å²) in [6.45, 7) is 5.75. The molecule has 25 heavy (non-hydrogen) atoms. The Kier molecular flexibility index (Phi) is 4.95. The molecule has 2 aliphatic rings. The number of hydrogen-bond donors (Lipinski definition) is 1. The van der Waals surface area contributed by atoms with Crippen molar-refractivity contribution in [1.29, 1.82) is 0 Å². The van der Waals surface area contributed by atoms with Crippen molar-refractivity contribution in [2.75, 3.05) is 25.0 Å². The van der Waals surface area contributed by atoms with E-state index in [-0.39, 0.29) is 0 Å². The first-order valence-electron chi connectivity index (χ1n) is 9.22. The SMILES string of the molecule is Cc1cccc(CN2CCO[C@@H]3[C@@H](CNc4cccnc4)CC[C@H]32)n1. The summed E-state index contributed by atoms with van der Waals surface area (Å²) in [6.07, 6.45) is 6.42. The highest BCUT2D eigenvalue weighted by Gasteiger charge is 2.42. The van der Waals surface area contributed by atoms with Crippen LogP contribution in [-0.4, -0.2) is 46.7 Å². The first-order valence-corrected chi connectivity index (χ1v) is 9.22. The molecular formula is C20H26N4O. The summed E-state index contributed by atoms with van der Waals surface area (Å²) in [5.74, 6) is 0.554. The summed E-state index contributed by atoms with van der Waals surface area (Å²) in [4.78, 5) is 11.4. The van der Waals surface area contributed by atoms with Crippen LogP contribution < -0.4 is 5.32 Å². The number of nitrogens with one attached hydrogen (secondary N) is 1. The first kappa shape index (κ1) is 16.5. The maximum Gasteiger partial charge on any atom is 0.0775 e. The van der Waals surface area contributed by atoms with Gasteiger partial charge in [-0.2, -0.15) is 0 Å². The standard InChI is InChI=1S/C20H26N4O/c1-15-4-2-5-18(23-15)14-24-10-11-25-20-16(7-8-19(20)24)12-22-17-6-3-9-21-13-17/h2-6,9,13,16,19-20,22H,7-8,10-12,14H2,1H3/t16-,19-,20-/m1/s1. The minimum Gasteiger partial charge on any atom is -0.383 e. The van der Waals surface area contributed by atoms with Crippen LogP contribution in [0.5, 0.6) is 0 Å². The van der Waals surface area contributed by atoms with E-state index in [1.54, 1.807) is 6.20 Å². The summed E-state index contributed by atoms with van der Waals surface area (Å²) in [5, 5.41) is 3.52. The summed E-state index contributed by atoms with van der Waals surface area (Å²) in [6, 6.07) is 10.8. The number of aromatic nitrogens is 2. The van der Waals surface area contributed by atoms with E-state index in [0.29, 0.717) is 18.1 Å². The Balaban J connectivity index is 1.38. The molecule has 3 atom stereocenters. The van der Waals surface area contributed by atoms with Crippen molar-refractivity contribution in [3.05, 3.63) is 54.1 Å². The average Bonchev–Trinajstić information content (AvgIpc) is 3.05. The third kappa shape index (κ3) is 3.83. The van der Waals surface area contributed by atoms with Gasteiger partial charge in [0.1, 0.15) is 0 Å². The van der Waals surface area contributed by atoms with Crippen LogP contribution in [0.2, 0.25) is 0 Å². The van der Waals surface area contributed by atoms with Crippen LogP contribution in [0.25, 0.3) is 0 Å². The molecular weight excluding hydrogens is 312 g/mol. The second-order valence-corrected chi connectivity index (χ2v) is 7.10. The Labute approximate surface area is 149 Å². The number of anilines is 1. The van der Waals surface area contributed by atoms with Gasteiger partial charge in [0.15, 0.2) is 0 Å². The minimum absolute atomic E-state index is 0.322. The Morgan fingerprint density at radius 1 is 1.24 bits per heavy atom. The smallest absolute Gasteiger partial charge is 0.0775 e. The van der Waals surface area contributed by atoms with Gasteiger partial charge in [0.05, 0.1) is 24.1 Å². The molecule has 1 N–H and O–H groups in total. The van der Waals surface area contributed by atoms with Crippen LogP contribution in [0.1, 0.15) is 24.2 Å². The third-order valence-electron chi connectivity index (χ3n) is 5.38. The molecule has 0 amide bonds. The van der Waals surface area contributed by atoms with Crippen LogP contribution in [0.3, 0.4) is 0 Å². The van der Waals surface area contributed by atoms with Gasteiger partial charge < -0.3 is 10.1 Å². The number of fused-ring (bicyclic) bond motifs is 1. The number of hydrogen-bond acceptors (Lipinski definition) is 5. The van der Waals surface area contributed by atoms with Gasteiger partial charge in [-0.25, -0.2) is 0 Å². The normalized spacial score (nSPS) is 26.4. The van der Waals surface area contributed by atoms with Crippen LogP contribution in [-0.2, 0) is 11.3 Å². The lowest BCUT2D eigenvalue weighted by Crippen LogP contribution is -2.50. The number of aryl methyl sites for hydroxylation is 1. The molecule has 0 radical (unpaired) electrons. The Morgan fingerprint density at radius 3 is 3.04 bits per heavy atom. The van der Waals surface area contributed by atoms with Gasteiger partial charge >= 0.3 is 0 Å². The molecule has 3 heterocycles. The molecule has 1 aliphatic heterocycles. The van der Waals surface area contributed by atoms with E-state index in [1.165, 1.54) is 12.8 Å². The fraction of sp³-hybridized carbons (Fsp3) is 0.500. The van der Waals surface area contributed by atoms with Gasteiger partial charge in [-0.15, -0.1) is 0 Å². The molecule has 2 aromatic heterocycles. The highest BCUT2D eigenvalue weighted by atomic mass is 16.5. The molecule has 132 valence electrons. The first-order chi connectivity index (χ1) is 12.3. The molecule has 1 aliphatic carbocycles. The Bertz CT molecular complexity index is 693. The van der Waals surface area contributed by atoms with Crippen molar-refractivity contribution in [2.45, 2.75) is 38.5 Å². The van der Waals surface area contributed by atoms with E-state index in [2.05, 4.69) is 51.4 Å². The lowest BCUT2D eigenvalue weighted by atomic mass is 10.0. The fourth-order valence-corrected chi connectivity index (χ4v) is 4.16. The average molecular weight is 338 g/mol. The van der Waals surface area contributed by atoms with Crippen LogP contribution >= 0.6 is 0 Å². The predicted octanol–water partition coefficient (Wildman–Crippen LogP) is 2.88. The largest absolute Gasteiger partial charge is 0.383 e. The van der Waals surface area contributed by atoms with E-state index in [1.807, 2.05) is 12.3 Å². The highest BCUT2D eigenvalue weighted by Crippen LogP contribution is 2.35. The lowest BCUT2D eigenvalue weighted by molar-refractivity contribution is -0.0748. The number of pyridine rings is 2. The summed E-state index contributed by atoms with van der Waals surface area (Å²) in [5.41, 5.74) is 3.34. The Hall–Kier alpha value is -1.98. The monoisotopic (exact) mass is 338 g/mol. The van der Waals surface area contributed by atoms with Crippen LogP contribution in [0.4, 0.5) is 5.69 Å². The molecule has 0 spiro atoms. The van der Waals surface area contributed by atoms with Gasteiger partial charge in [-0.05, 0) is 44.0 Å². The number of rotatable bonds is 5. The van der Waals surface area contributed by atoms with Crippen LogP contribution in [0.15, 0.2) is 42.7 Å². The van der Waals surface area contributed by atoms with Crippen molar-refractivity contribution < 1.29 is 4.74 Å². The Morgan fingerprint density at radius 2 is 2.20 bits per heavy atom. The second kappa shape index (κ2) is 7.50. The van der Waals surface area contributed by atoms with Crippen molar-refractivity contribution >= 4 is 5.69 Å². The van der Waals surface area contributed by atoms with E-state index in [9.17, 15) is 0 Å². The topological polar surface area (TPSA) is 50.3 Å². The molecule has 0 unspecified atom stereocenters. The minimum atomic E-state index is 0.322. The van der Waals surface area contributed by atoms with Gasteiger partial charge in [0.2, 0.25) is 0 Å². The van der Waals surface area contributed by atoms with Gasteiger partial charge in [-0.1, -0.05) is 6.07 Å². The van der Waals surface area contributed by atoms with Crippen molar-refractivity contribution in [2.24, 2.45) is 5.92 Å². The van der Waals surface area contributed by atoms with E-state index >= 15 is 0 Å². The molecule has 0 bridgehead atoms. The summed E-state index contributed by atoms with van der Waals surface area (Å²) < 4.78 is 6.18. The van der Waals surface area contributed by atoms with Crippen molar-refractivity contribution in [3.63, 3.8) is 0 Å². The highest BCUT2D eigenvalue weighted by molar-refractivity contribution is 5.39. The zero-order valence-corrected chi connectivity index (χ0v) is 14.8. The van der Waals surface area contributed by atoms with Gasteiger partial charge in [-0.3, -0.25) is 14.9 Å². The zero-order chi connectivity index (χ0) is 17.1. The van der Waals surface area contributed by atoms with Crippen LogP contribution in [0, 0.1) is 12.8 Å². The number of nitrogens with zero attached hydrogens (tertiary/aromatic N) is 3. The van der Waals surface area contributed by atoms with E-state index < -0.39 is 0 Å². The maximum atomic E-state index is 6.18. The van der Waals surface area contributed by atoms with E-state index in [0.717, 1.165) is 43.3 Å². The molecule has 2 fully saturated rings.